The maximum atomic E-state index is 13.3. The quantitative estimate of drug-likeness (QED) is 0.288. The average Bonchev–Trinajstić information content (AvgIpc) is 3.09. The first-order chi connectivity index (χ1) is 16.3. The summed E-state index contributed by atoms with van der Waals surface area (Å²) in [6, 6.07) is 17.4. The zero-order valence-corrected chi connectivity index (χ0v) is 20.4. The fraction of sp³-hybridized carbons (Fsp3) is 0.0417. The Morgan fingerprint density at radius 3 is 2.59 bits per heavy atom. The van der Waals surface area contributed by atoms with E-state index in [4.69, 9.17) is 40.2 Å². The molecule has 0 spiro atoms. The Morgan fingerprint density at radius 1 is 1.09 bits per heavy atom. The molecule has 1 N–H and O–H groups in total. The number of halogens is 3. The lowest BCUT2D eigenvalue weighted by atomic mass is 10.2. The van der Waals surface area contributed by atoms with Crippen LogP contribution in [0.15, 0.2) is 71.6 Å². The third-order valence-corrected chi connectivity index (χ3v) is 6.79. The van der Waals surface area contributed by atoms with Gasteiger partial charge in [0.2, 0.25) is 0 Å². The van der Waals surface area contributed by atoms with Crippen LogP contribution in [0, 0.1) is 5.82 Å². The van der Waals surface area contributed by atoms with Crippen molar-refractivity contribution in [2.45, 2.75) is 0 Å². The minimum atomic E-state index is -0.429. The van der Waals surface area contributed by atoms with Gasteiger partial charge in [0.15, 0.2) is 10.9 Å². The van der Waals surface area contributed by atoms with E-state index < -0.39 is 11.7 Å². The van der Waals surface area contributed by atoms with Gasteiger partial charge in [-0.15, -0.1) is 0 Å². The molecule has 1 aliphatic heterocycles. The Hall–Kier alpha value is -2.91. The maximum Gasteiger partial charge on any atom is 0.270 e. The van der Waals surface area contributed by atoms with Crippen LogP contribution in [0.3, 0.4) is 0 Å². The van der Waals surface area contributed by atoms with Gasteiger partial charge in [-0.1, -0.05) is 71.4 Å². The highest BCUT2D eigenvalue weighted by Gasteiger charge is 2.33. The van der Waals surface area contributed by atoms with Gasteiger partial charge in [0.25, 0.3) is 11.8 Å². The Bertz CT molecular complexity index is 1320. The second-order valence-corrected chi connectivity index (χ2v) is 9.43. The van der Waals surface area contributed by atoms with Gasteiger partial charge in [0, 0.05) is 5.56 Å². The molecule has 4 rings (SSSR count). The lowest BCUT2D eigenvalue weighted by molar-refractivity contribution is -0.118. The molecule has 2 amide bonds. The summed E-state index contributed by atoms with van der Waals surface area (Å²) in [5.41, 5.74) is 1.45. The van der Waals surface area contributed by atoms with Crippen LogP contribution >= 0.6 is 47.2 Å². The molecule has 0 unspecified atom stereocenters. The molecule has 0 radical (unpaired) electrons. The predicted octanol–water partition coefficient (Wildman–Crippen LogP) is 6.56. The van der Waals surface area contributed by atoms with Gasteiger partial charge in [0.1, 0.15) is 11.6 Å². The second kappa shape index (κ2) is 10.6. The number of ether oxygens (including phenoxy) is 1. The smallest absolute Gasteiger partial charge is 0.270 e. The molecule has 0 atom stereocenters. The Labute approximate surface area is 214 Å². The van der Waals surface area contributed by atoms with Crippen molar-refractivity contribution in [3.8, 4) is 5.75 Å². The monoisotopic (exact) mass is 532 g/mol. The first-order valence-corrected chi connectivity index (χ1v) is 11.8. The molecule has 0 bridgehead atoms. The summed E-state index contributed by atoms with van der Waals surface area (Å²) in [5, 5.41) is 3.21. The normalized spacial score (nSPS) is 14.6. The van der Waals surface area contributed by atoms with E-state index >= 15 is 0 Å². The summed E-state index contributed by atoms with van der Waals surface area (Å²) >= 11 is 18.6. The van der Waals surface area contributed by atoms with Crippen molar-refractivity contribution in [3.05, 3.63) is 93.1 Å². The van der Waals surface area contributed by atoms with E-state index in [1.54, 1.807) is 48.5 Å². The number of benzene rings is 3. The summed E-state index contributed by atoms with van der Waals surface area (Å²) in [6.07, 6.45) is 1.64. The number of para-hydroxylation sites is 1. The fourth-order valence-electron chi connectivity index (χ4n) is 3.08. The number of thioether (sulfide) groups is 1. The summed E-state index contributed by atoms with van der Waals surface area (Å²) in [7, 11) is 0. The van der Waals surface area contributed by atoms with Gasteiger partial charge < -0.3 is 10.1 Å². The molecule has 34 heavy (non-hydrogen) atoms. The molecule has 1 aliphatic rings. The zero-order chi connectivity index (χ0) is 24.2. The molecular formula is C24H15Cl2FN2O3S2. The van der Waals surface area contributed by atoms with Crippen LogP contribution in [-0.4, -0.2) is 22.7 Å². The first kappa shape index (κ1) is 24.2. The minimum absolute atomic E-state index is 0.237. The topological polar surface area (TPSA) is 58.6 Å². The Balaban J connectivity index is 1.48. The number of carbonyl (C=O) groups excluding carboxylic acids is 2. The van der Waals surface area contributed by atoms with Crippen molar-refractivity contribution >= 4 is 80.8 Å². The van der Waals surface area contributed by atoms with E-state index in [0.29, 0.717) is 36.9 Å². The molecule has 1 saturated heterocycles. The molecule has 3 aromatic carbocycles. The van der Waals surface area contributed by atoms with Gasteiger partial charge in [-0.3, -0.25) is 14.5 Å². The summed E-state index contributed by atoms with van der Waals surface area (Å²) in [6.45, 7) is -0.287. The molecule has 3 aromatic rings. The lowest BCUT2D eigenvalue weighted by Crippen LogP contribution is -2.27. The van der Waals surface area contributed by atoms with Gasteiger partial charge >= 0.3 is 0 Å². The van der Waals surface area contributed by atoms with Crippen LogP contribution in [0.4, 0.5) is 15.8 Å². The number of carbonyl (C=O) groups is 2. The van der Waals surface area contributed by atoms with Crippen molar-refractivity contribution in [1.82, 2.24) is 0 Å². The predicted molar refractivity (Wildman–Crippen MR) is 139 cm³/mol. The molecule has 0 aromatic heterocycles. The number of rotatable bonds is 6. The maximum absolute atomic E-state index is 13.3. The minimum Gasteiger partial charge on any atom is -0.483 e. The number of nitrogens with one attached hydrogen (secondary N) is 1. The molecular weight excluding hydrogens is 518 g/mol. The Morgan fingerprint density at radius 2 is 1.82 bits per heavy atom. The van der Waals surface area contributed by atoms with Crippen molar-refractivity contribution < 1.29 is 18.7 Å². The highest BCUT2D eigenvalue weighted by atomic mass is 35.5. The highest BCUT2D eigenvalue weighted by molar-refractivity contribution is 8.27. The first-order valence-electron chi connectivity index (χ1n) is 9.82. The third-order valence-electron chi connectivity index (χ3n) is 4.67. The molecule has 172 valence electrons. The van der Waals surface area contributed by atoms with Crippen LogP contribution in [0.1, 0.15) is 5.56 Å². The number of amides is 2. The largest absolute Gasteiger partial charge is 0.483 e. The van der Waals surface area contributed by atoms with E-state index in [1.807, 2.05) is 0 Å². The highest BCUT2D eigenvalue weighted by Crippen LogP contribution is 2.37. The number of nitrogens with zero attached hydrogens (tertiary/aromatic N) is 1. The number of anilines is 2. The van der Waals surface area contributed by atoms with Gasteiger partial charge in [-0.25, -0.2) is 4.39 Å². The van der Waals surface area contributed by atoms with E-state index in [1.165, 1.54) is 29.2 Å². The van der Waals surface area contributed by atoms with Crippen LogP contribution in [0.25, 0.3) is 6.08 Å². The van der Waals surface area contributed by atoms with Crippen molar-refractivity contribution in [2.24, 2.45) is 0 Å². The second-order valence-electron chi connectivity index (χ2n) is 6.97. The van der Waals surface area contributed by atoms with E-state index in [-0.39, 0.29) is 17.5 Å². The average molecular weight is 533 g/mol. The van der Waals surface area contributed by atoms with Crippen LogP contribution in [-0.2, 0) is 9.59 Å². The van der Waals surface area contributed by atoms with Crippen molar-refractivity contribution in [3.63, 3.8) is 0 Å². The molecule has 1 heterocycles. The molecule has 1 fully saturated rings. The fourth-order valence-corrected chi connectivity index (χ4v) is 4.72. The van der Waals surface area contributed by atoms with Gasteiger partial charge in [-0.2, -0.15) is 0 Å². The van der Waals surface area contributed by atoms with Crippen LogP contribution in [0.2, 0.25) is 10.0 Å². The molecule has 10 heteroatoms. The van der Waals surface area contributed by atoms with Crippen LogP contribution < -0.4 is 15.0 Å². The number of thiocarbonyl (C=S) groups is 1. The number of hydrogen-bond donors (Lipinski definition) is 1. The molecule has 5 nitrogen and oxygen atoms in total. The van der Waals surface area contributed by atoms with E-state index in [0.717, 1.165) is 11.8 Å². The van der Waals surface area contributed by atoms with Crippen LogP contribution in [0.5, 0.6) is 5.75 Å². The summed E-state index contributed by atoms with van der Waals surface area (Å²) < 4.78 is 19.3. The van der Waals surface area contributed by atoms with Gasteiger partial charge in [0.05, 0.1) is 26.3 Å². The number of hydrogen-bond acceptors (Lipinski definition) is 5. The molecule has 0 aliphatic carbocycles. The third kappa shape index (κ3) is 5.42. The van der Waals surface area contributed by atoms with Gasteiger partial charge in [-0.05, 0) is 48.5 Å². The van der Waals surface area contributed by atoms with E-state index in [2.05, 4.69) is 5.32 Å². The zero-order valence-electron chi connectivity index (χ0n) is 17.3. The van der Waals surface area contributed by atoms with Crippen molar-refractivity contribution in [2.75, 3.05) is 16.8 Å². The lowest BCUT2D eigenvalue weighted by Gasteiger charge is -2.14. The summed E-state index contributed by atoms with van der Waals surface area (Å²) in [5.74, 6) is -0.759. The standard InChI is InChI=1S/C24H15Cl2FN2O3S2/c25-17-5-3-6-18(22(17)26)28-21(30)13-32-19-7-2-1-4-14(19)12-20-23(31)29(24(33)34-20)16-10-8-15(27)9-11-16/h1-12H,13H2,(H,28,30)/b20-12-. The SMILES string of the molecule is O=C(COc1ccccc1/C=C1\SC(=S)N(c2ccc(F)cc2)C1=O)Nc1cccc(Cl)c1Cl. The van der Waals surface area contributed by atoms with E-state index in [9.17, 15) is 14.0 Å². The summed E-state index contributed by atoms with van der Waals surface area (Å²) in [4.78, 5) is 27.1. The Kier molecular flexibility index (Phi) is 7.53. The molecule has 0 saturated carbocycles. The van der Waals surface area contributed by atoms with Crippen molar-refractivity contribution in [1.29, 1.82) is 0 Å².